The zero-order chi connectivity index (χ0) is 16.8. The normalized spacial score (nSPS) is 10.2. The standard InChI is InChI=1S/C18H19NO4/c1-13-7-3-4-8-14(13)11-19(2)17(20)12-23-16-10-6-5-9-15(16)18(21)22/h3-10H,11-12H2,1-2H3,(H,21,22). The SMILES string of the molecule is Cc1ccccc1CN(C)C(=O)COc1ccccc1C(=O)O. The van der Waals surface area contributed by atoms with Crippen molar-refractivity contribution in [2.45, 2.75) is 13.5 Å². The van der Waals surface area contributed by atoms with Gasteiger partial charge < -0.3 is 14.7 Å². The zero-order valence-corrected chi connectivity index (χ0v) is 13.2. The Balaban J connectivity index is 1.97. The Kier molecular flexibility index (Phi) is 5.36. The van der Waals surface area contributed by atoms with Gasteiger partial charge in [-0.2, -0.15) is 0 Å². The summed E-state index contributed by atoms with van der Waals surface area (Å²) in [4.78, 5) is 24.8. The molecular formula is C18H19NO4. The number of rotatable bonds is 6. The van der Waals surface area contributed by atoms with Gasteiger partial charge in [-0.05, 0) is 30.2 Å². The summed E-state index contributed by atoms with van der Waals surface area (Å²) in [5.41, 5.74) is 2.22. The topological polar surface area (TPSA) is 66.8 Å². The van der Waals surface area contributed by atoms with E-state index in [9.17, 15) is 9.59 Å². The van der Waals surface area contributed by atoms with Crippen LogP contribution in [0.25, 0.3) is 0 Å². The predicted octanol–water partition coefficient (Wildman–Crippen LogP) is 2.73. The third kappa shape index (κ3) is 4.32. The first-order valence-electron chi connectivity index (χ1n) is 7.22. The second-order valence-corrected chi connectivity index (χ2v) is 5.27. The van der Waals surface area contributed by atoms with Crippen LogP contribution in [0.3, 0.4) is 0 Å². The van der Waals surface area contributed by atoms with Crippen molar-refractivity contribution >= 4 is 11.9 Å². The van der Waals surface area contributed by atoms with Crippen molar-refractivity contribution in [2.24, 2.45) is 0 Å². The van der Waals surface area contributed by atoms with E-state index >= 15 is 0 Å². The lowest BCUT2D eigenvalue weighted by atomic mass is 10.1. The average molecular weight is 313 g/mol. The third-order valence-electron chi connectivity index (χ3n) is 3.56. The second kappa shape index (κ2) is 7.45. The lowest BCUT2D eigenvalue weighted by Gasteiger charge is -2.19. The Labute approximate surface area is 135 Å². The molecule has 0 saturated heterocycles. The second-order valence-electron chi connectivity index (χ2n) is 5.27. The molecule has 5 nitrogen and oxygen atoms in total. The molecule has 5 heteroatoms. The van der Waals surface area contributed by atoms with Gasteiger partial charge in [-0.15, -0.1) is 0 Å². The summed E-state index contributed by atoms with van der Waals surface area (Å²) in [7, 11) is 1.70. The van der Waals surface area contributed by atoms with E-state index in [0.29, 0.717) is 6.54 Å². The number of carbonyl (C=O) groups excluding carboxylic acids is 1. The van der Waals surface area contributed by atoms with Crippen molar-refractivity contribution in [3.8, 4) is 5.75 Å². The highest BCUT2D eigenvalue weighted by Gasteiger charge is 2.14. The molecule has 120 valence electrons. The van der Waals surface area contributed by atoms with Crippen molar-refractivity contribution in [2.75, 3.05) is 13.7 Å². The molecule has 1 N–H and O–H groups in total. The Morgan fingerprint density at radius 3 is 2.43 bits per heavy atom. The smallest absolute Gasteiger partial charge is 0.339 e. The number of para-hydroxylation sites is 1. The number of carboxylic acid groups (broad SMARTS) is 1. The summed E-state index contributed by atoms with van der Waals surface area (Å²) in [5, 5.41) is 9.09. The van der Waals surface area contributed by atoms with Crippen molar-refractivity contribution in [3.05, 3.63) is 65.2 Å². The van der Waals surface area contributed by atoms with Crippen molar-refractivity contribution in [1.82, 2.24) is 4.90 Å². The van der Waals surface area contributed by atoms with Crippen LogP contribution >= 0.6 is 0 Å². The van der Waals surface area contributed by atoms with Gasteiger partial charge in [0, 0.05) is 13.6 Å². The first kappa shape index (κ1) is 16.5. The average Bonchev–Trinajstić information content (AvgIpc) is 2.54. The van der Waals surface area contributed by atoms with Gasteiger partial charge >= 0.3 is 5.97 Å². The van der Waals surface area contributed by atoms with E-state index in [2.05, 4.69) is 0 Å². The highest BCUT2D eigenvalue weighted by atomic mass is 16.5. The number of likely N-dealkylation sites (N-methyl/N-ethyl adjacent to an activating group) is 1. The fraction of sp³-hybridized carbons (Fsp3) is 0.222. The van der Waals surface area contributed by atoms with E-state index in [-0.39, 0.29) is 23.8 Å². The van der Waals surface area contributed by atoms with E-state index in [1.807, 2.05) is 31.2 Å². The maximum Gasteiger partial charge on any atom is 0.339 e. The minimum Gasteiger partial charge on any atom is -0.483 e. The molecule has 0 saturated carbocycles. The quantitative estimate of drug-likeness (QED) is 0.890. The number of ether oxygens (including phenoxy) is 1. The van der Waals surface area contributed by atoms with Gasteiger partial charge in [-0.3, -0.25) is 4.79 Å². The van der Waals surface area contributed by atoms with Crippen LogP contribution in [-0.2, 0) is 11.3 Å². The van der Waals surface area contributed by atoms with E-state index in [1.54, 1.807) is 24.1 Å². The summed E-state index contributed by atoms with van der Waals surface area (Å²) in [6.07, 6.45) is 0. The minimum absolute atomic E-state index is 0.0434. The summed E-state index contributed by atoms with van der Waals surface area (Å²) >= 11 is 0. The number of benzene rings is 2. The van der Waals surface area contributed by atoms with Crippen LogP contribution in [0.2, 0.25) is 0 Å². The fourth-order valence-corrected chi connectivity index (χ4v) is 2.15. The molecule has 2 aromatic rings. The van der Waals surface area contributed by atoms with E-state index in [1.165, 1.54) is 12.1 Å². The van der Waals surface area contributed by atoms with Gasteiger partial charge in [-0.25, -0.2) is 4.79 Å². The molecule has 0 aliphatic carbocycles. The number of hydrogen-bond acceptors (Lipinski definition) is 3. The minimum atomic E-state index is -1.08. The molecule has 0 atom stereocenters. The number of aryl methyl sites for hydroxylation is 1. The van der Waals surface area contributed by atoms with Gasteiger partial charge in [0.15, 0.2) is 6.61 Å². The molecule has 0 heterocycles. The summed E-state index contributed by atoms with van der Waals surface area (Å²) in [5.74, 6) is -1.10. The fourth-order valence-electron chi connectivity index (χ4n) is 2.15. The molecule has 0 unspecified atom stereocenters. The van der Waals surface area contributed by atoms with Gasteiger partial charge in [0.05, 0.1) is 0 Å². The van der Waals surface area contributed by atoms with Gasteiger partial charge in [0.25, 0.3) is 5.91 Å². The molecule has 2 rings (SSSR count). The molecule has 0 spiro atoms. The number of nitrogens with zero attached hydrogens (tertiary/aromatic N) is 1. The van der Waals surface area contributed by atoms with Crippen LogP contribution < -0.4 is 4.74 Å². The predicted molar refractivity (Wildman–Crippen MR) is 86.5 cm³/mol. The number of aromatic carboxylic acids is 1. The molecule has 1 amide bonds. The van der Waals surface area contributed by atoms with Crippen molar-refractivity contribution in [1.29, 1.82) is 0 Å². The third-order valence-corrected chi connectivity index (χ3v) is 3.56. The van der Waals surface area contributed by atoms with Gasteiger partial charge in [0.1, 0.15) is 11.3 Å². The number of carbonyl (C=O) groups is 2. The van der Waals surface area contributed by atoms with Crippen LogP contribution in [0, 0.1) is 6.92 Å². The highest BCUT2D eigenvalue weighted by Crippen LogP contribution is 2.18. The Morgan fingerprint density at radius 1 is 1.09 bits per heavy atom. The van der Waals surface area contributed by atoms with Crippen LogP contribution in [-0.4, -0.2) is 35.5 Å². The molecule has 0 bridgehead atoms. The highest BCUT2D eigenvalue weighted by molar-refractivity contribution is 5.91. The maximum atomic E-state index is 12.2. The summed E-state index contributed by atoms with van der Waals surface area (Å²) in [6, 6.07) is 14.1. The largest absolute Gasteiger partial charge is 0.483 e. The first-order valence-corrected chi connectivity index (χ1v) is 7.22. The maximum absolute atomic E-state index is 12.2. The molecule has 0 aromatic heterocycles. The number of carboxylic acids is 1. The molecule has 0 aliphatic heterocycles. The van der Waals surface area contributed by atoms with E-state index < -0.39 is 5.97 Å². The van der Waals surface area contributed by atoms with Crippen molar-refractivity contribution in [3.63, 3.8) is 0 Å². The first-order chi connectivity index (χ1) is 11.0. The molecule has 0 fully saturated rings. The van der Waals surface area contributed by atoms with Gasteiger partial charge in [-0.1, -0.05) is 36.4 Å². The lowest BCUT2D eigenvalue weighted by molar-refractivity contribution is -0.132. The molecule has 23 heavy (non-hydrogen) atoms. The van der Waals surface area contributed by atoms with Crippen LogP contribution in [0.4, 0.5) is 0 Å². The zero-order valence-electron chi connectivity index (χ0n) is 13.2. The monoisotopic (exact) mass is 313 g/mol. The Hall–Kier alpha value is -2.82. The number of hydrogen-bond donors (Lipinski definition) is 1. The lowest BCUT2D eigenvalue weighted by Crippen LogP contribution is -2.31. The number of amides is 1. The summed E-state index contributed by atoms with van der Waals surface area (Å²) in [6.45, 7) is 2.27. The van der Waals surface area contributed by atoms with E-state index in [4.69, 9.17) is 9.84 Å². The summed E-state index contributed by atoms with van der Waals surface area (Å²) < 4.78 is 5.38. The van der Waals surface area contributed by atoms with Crippen LogP contribution in [0.5, 0.6) is 5.75 Å². The van der Waals surface area contributed by atoms with E-state index in [0.717, 1.165) is 11.1 Å². The molecular weight excluding hydrogens is 294 g/mol. The van der Waals surface area contributed by atoms with Crippen LogP contribution in [0.15, 0.2) is 48.5 Å². The molecule has 2 aromatic carbocycles. The van der Waals surface area contributed by atoms with Gasteiger partial charge in [0.2, 0.25) is 0 Å². The molecule has 0 radical (unpaired) electrons. The van der Waals surface area contributed by atoms with Crippen LogP contribution in [0.1, 0.15) is 21.5 Å². The molecule has 0 aliphatic rings. The van der Waals surface area contributed by atoms with Crippen molar-refractivity contribution < 1.29 is 19.4 Å². The Morgan fingerprint density at radius 2 is 1.74 bits per heavy atom. The Bertz CT molecular complexity index is 712.